The highest BCUT2D eigenvalue weighted by Crippen LogP contribution is 2.22. The smallest absolute Gasteiger partial charge is 0.365 e. The first kappa shape index (κ1) is 19.3. The molecule has 1 fully saturated rings. The van der Waals surface area contributed by atoms with Crippen LogP contribution in [-0.4, -0.2) is 51.3 Å². The molecule has 0 radical (unpaired) electrons. The van der Waals surface area contributed by atoms with Crippen molar-refractivity contribution in [3.63, 3.8) is 0 Å². The first-order chi connectivity index (χ1) is 11.6. The van der Waals surface area contributed by atoms with Crippen LogP contribution in [0.5, 0.6) is 0 Å². The fraction of sp³-hybridized carbons (Fsp3) is 0.231. The van der Waals surface area contributed by atoms with Crippen molar-refractivity contribution in [1.29, 1.82) is 0 Å². The van der Waals surface area contributed by atoms with E-state index in [1.54, 1.807) is 0 Å². The van der Waals surface area contributed by atoms with Crippen LogP contribution >= 0.6 is 22.6 Å². The van der Waals surface area contributed by atoms with E-state index in [0.717, 1.165) is 0 Å². The van der Waals surface area contributed by atoms with Crippen LogP contribution in [0, 0.1) is 0 Å². The molecule has 1 heterocycles. The zero-order chi connectivity index (χ0) is 18.9. The Morgan fingerprint density at radius 3 is 2.48 bits per heavy atom. The molecule has 0 aliphatic carbocycles. The molecule has 2 amide bonds. The van der Waals surface area contributed by atoms with Gasteiger partial charge in [-0.15, -0.1) is 5.06 Å². The number of Topliss-reactive ketones (excluding diaryl/α,β-unsaturated/α-hetero) is 1. The molecule has 1 unspecified atom stereocenters. The van der Waals surface area contributed by atoms with Gasteiger partial charge in [-0.25, -0.2) is 4.79 Å². The first-order valence-corrected chi connectivity index (χ1v) is 9.63. The van der Waals surface area contributed by atoms with E-state index in [4.69, 9.17) is 10.3 Å². The van der Waals surface area contributed by atoms with Gasteiger partial charge in [0, 0.05) is 11.3 Å². The quantitative estimate of drug-likeness (QED) is 0.147. The number of ketones is 1. The Kier molecular flexibility index (Phi) is 5.43. The van der Waals surface area contributed by atoms with Gasteiger partial charge in [-0.05, 0) is 12.1 Å². The van der Waals surface area contributed by atoms with Crippen LogP contribution in [0.15, 0.2) is 18.2 Å². The topological polar surface area (TPSA) is 161 Å². The van der Waals surface area contributed by atoms with Gasteiger partial charge in [-0.1, -0.05) is 28.7 Å². The Labute approximate surface area is 155 Å². The molecule has 1 saturated heterocycles. The largest absolute Gasteiger partial charge is 0.398 e. The van der Waals surface area contributed by atoms with Crippen LogP contribution < -0.4 is 5.73 Å². The van der Waals surface area contributed by atoms with Gasteiger partial charge in [0.05, 0.1) is 16.4 Å². The summed E-state index contributed by atoms with van der Waals surface area (Å²) in [6.07, 6.45) is -0.844. The Balaban J connectivity index is 2.21. The molecular weight excluding hydrogens is 471 g/mol. The van der Waals surface area contributed by atoms with Crippen molar-refractivity contribution in [3.05, 3.63) is 29.3 Å². The van der Waals surface area contributed by atoms with Crippen LogP contribution in [-0.2, 0) is 24.5 Å². The average Bonchev–Trinajstić information content (AvgIpc) is 2.82. The number of rotatable bonds is 5. The van der Waals surface area contributed by atoms with E-state index in [9.17, 15) is 27.6 Å². The van der Waals surface area contributed by atoms with Crippen LogP contribution in [0.3, 0.4) is 0 Å². The number of halogens is 1. The molecule has 12 heteroatoms. The van der Waals surface area contributed by atoms with Crippen molar-refractivity contribution >= 4 is 62.0 Å². The summed E-state index contributed by atoms with van der Waals surface area (Å²) in [4.78, 5) is 51.7. The minimum absolute atomic E-state index is 0.0237. The predicted octanol–water partition coefficient (Wildman–Crippen LogP) is -0.0264. The van der Waals surface area contributed by atoms with Gasteiger partial charge in [-0.2, -0.15) is 8.42 Å². The van der Waals surface area contributed by atoms with Gasteiger partial charge in [0.1, 0.15) is 0 Å². The molecule has 10 nitrogen and oxygen atoms in total. The molecule has 3 N–H and O–H groups in total. The van der Waals surface area contributed by atoms with E-state index in [1.807, 2.05) is 22.6 Å². The monoisotopic (exact) mass is 482 g/mol. The number of imide groups is 1. The number of nitrogen functional groups attached to an aromatic ring is 1. The summed E-state index contributed by atoms with van der Waals surface area (Å²) in [6.45, 7) is 0. The Hall–Kier alpha value is -2.06. The number of hydroxylamine groups is 2. The molecule has 0 bridgehead atoms. The number of amides is 2. The second-order valence-corrected chi connectivity index (χ2v) is 7.33. The lowest BCUT2D eigenvalue weighted by molar-refractivity contribution is -0.172. The summed E-state index contributed by atoms with van der Waals surface area (Å²) in [5.41, 5.74) is 5.60. The van der Waals surface area contributed by atoms with E-state index in [0.29, 0.717) is 0 Å². The predicted molar refractivity (Wildman–Crippen MR) is 91.3 cm³/mol. The van der Waals surface area contributed by atoms with Gasteiger partial charge in [0.25, 0.3) is 21.9 Å². The van der Waals surface area contributed by atoms with Crippen molar-refractivity contribution in [2.75, 3.05) is 10.2 Å². The summed E-state index contributed by atoms with van der Waals surface area (Å²) in [7, 11) is -4.81. The van der Waals surface area contributed by atoms with E-state index in [2.05, 4.69) is 4.84 Å². The maximum absolute atomic E-state index is 12.1. The lowest BCUT2D eigenvalue weighted by Gasteiger charge is -2.14. The normalized spacial score (nSPS) is 17.7. The summed E-state index contributed by atoms with van der Waals surface area (Å²) in [5.74, 6) is -3.89. The highest BCUT2D eigenvalue weighted by molar-refractivity contribution is 14.1. The summed E-state index contributed by atoms with van der Waals surface area (Å²) in [5, 5.41) is -2.04. The number of carbonyl (C=O) groups is 4. The molecule has 1 aliphatic heterocycles. The minimum Gasteiger partial charge on any atom is -0.398 e. The zero-order valence-corrected chi connectivity index (χ0v) is 15.3. The third-order valence-electron chi connectivity index (χ3n) is 3.31. The maximum Gasteiger partial charge on any atom is 0.365 e. The molecular formula is C13H11IN2O8S. The molecule has 0 spiro atoms. The number of hydrogen-bond acceptors (Lipinski definition) is 8. The van der Waals surface area contributed by atoms with Gasteiger partial charge in [0.2, 0.25) is 0 Å². The van der Waals surface area contributed by atoms with Crippen molar-refractivity contribution in [2.45, 2.75) is 11.7 Å². The van der Waals surface area contributed by atoms with Crippen LogP contribution in [0.25, 0.3) is 0 Å². The fourth-order valence-corrected chi connectivity index (χ4v) is 3.19. The molecule has 1 aromatic carbocycles. The third kappa shape index (κ3) is 3.96. The lowest BCUT2D eigenvalue weighted by atomic mass is 10.1. The number of anilines is 1. The molecule has 2 rings (SSSR count). The van der Waals surface area contributed by atoms with Crippen LogP contribution in [0.1, 0.15) is 27.1 Å². The van der Waals surface area contributed by atoms with Crippen LogP contribution in [0.4, 0.5) is 5.69 Å². The molecule has 1 aromatic rings. The first-order valence-electron chi connectivity index (χ1n) is 6.60. The van der Waals surface area contributed by atoms with Crippen molar-refractivity contribution < 1.29 is 37.0 Å². The minimum atomic E-state index is -4.81. The van der Waals surface area contributed by atoms with Gasteiger partial charge >= 0.3 is 5.97 Å². The number of nitrogens with zero attached hydrogens (tertiary/aromatic N) is 1. The van der Waals surface area contributed by atoms with E-state index >= 15 is 0 Å². The Morgan fingerprint density at radius 2 is 2.00 bits per heavy atom. The van der Waals surface area contributed by atoms with Crippen molar-refractivity contribution in [2.24, 2.45) is 0 Å². The standard InChI is InChI=1S/C13H11IN2O8S/c14-5-9(17)6-1-2-7(8(15)3-6)13(20)24-16-11(18)4-10(12(16)19)25(21,22)23/h1-3,10H,4-5,15H2,(H,21,22,23). The highest BCUT2D eigenvalue weighted by atomic mass is 127. The molecule has 0 saturated carbocycles. The number of hydrogen-bond donors (Lipinski definition) is 2. The SMILES string of the molecule is Nc1cc(C(=O)CI)ccc1C(=O)ON1C(=O)CC(S(=O)(=O)O)C1=O. The Morgan fingerprint density at radius 1 is 1.36 bits per heavy atom. The zero-order valence-electron chi connectivity index (χ0n) is 12.3. The molecule has 0 aromatic heterocycles. The van der Waals surface area contributed by atoms with E-state index in [-0.39, 0.29) is 32.1 Å². The average molecular weight is 482 g/mol. The van der Waals surface area contributed by atoms with Crippen LogP contribution in [0.2, 0.25) is 0 Å². The third-order valence-corrected chi connectivity index (χ3v) is 5.09. The van der Waals surface area contributed by atoms with Gasteiger partial charge in [-0.3, -0.25) is 18.9 Å². The second kappa shape index (κ2) is 7.05. The Bertz CT molecular complexity index is 882. The molecule has 1 atom stereocenters. The van der Waals surface area contributed by atoms with E-state index in [1.165, 1.54) is 18.2 Å². The number of nitrogens with two attached hydrogens (primary N) is 1. The highest BCUT2D eigenvalue weighted by Gasteiger charge is 2.48. The summed E-state index contributed by atoms with van der Waals surface area (Å²) < 4.78 is 31.2. The van der Waals surface area contributed by atoms with Gasteiger partial charge in [0.15, 0.2) is 11.0 Å². The molecule has 1 aliphatic rings. The molecule has 25 heavy (non-hydrogen) atoms. The molecule has 134 valence electrons. The summed E-state index contributed by atoms with van der Waals surface area (Å²) >= 11 is 1.86. The number of benzene rings is 1. The number of alkyl halides is 1. The maximum atomic E-state index is 12.1. The van der Waals surface area contributed by atoms with Crippen molar-refractivity contribution in [1.82, 2.24) is 5.06 Å². The number of carbonyl (C=O) groups excluding carboxylic acids is 4. The van der Waals surface area contributed by atoms with Crippen molar-refractivity contribution in [3.8, 4) is 0 Å². The fourth-order valence-electron chi connectivity index (χ4n) is 2.04. The van der Waals surface area contributed by atoms with E-state index < -0.39 is 39.6 Å². The summed E-state index contributed by atoms with van der Waals surface area (Å²) in [6, 6.07) is 3.75. The second-order valence-electron chi connectivity index (χ2n) is 4.97. The lowest BCUT2D eigenvalue weighted by Crippen LogP contribution is -2.36. The van der Waals surface area contributed by atoms with Gasteiger partial charge < -0.3 is 10.6 Å².